The van der Waals surface area contributed by atoms with E-state index in [1.54, 1.807) is 0 Å². The molecule has 0 aromatic heterocycles. The third-order valence-corrected chi connectivity index (χ3v) is 13.4. The molecule has 0 N–H and O–H groups in total. The van der Waals surface area contributed by atoms with Crippen LogP contribution in [0.1, 0.15) is 64.2 Å². The van der Waals surface area contributed by atoms with Crippen molar-refractivity contribution in [2.75, 3.05) is 0 Å². The summed E-state index contributed by atoms with van der Waals surface area (Å²) in [5, 5.41) is 0. The number of hydrogen-bond acceptors (Lipinski definition) is 4. The van der Waals surface area contributed by atoms with Crippen molar-refractivity contribution < 1.29 is 16.8 Å². The van der Waals surface area contributed by atoms with E-state index in [9.17, 15) is 16.8 Å². The van der Waals surface area contributed by atoms with Crippen LogP contribution in [0.5, 0.6) is 0 Å². The summed E-state index contributed by atoms with van der Waals surface area (Å²) < 4.78 is 48.2. The first-order chi connectivity index (χ1) is 8.41. The largest absolute Gasteiger partial charge is 0.226 e. The SMILES string of the molecule is O=S1(=O)C2(CCCCC2)S(=O)(=O)C12CCCCC2. The van der Waals surface area contributed by atoms with Gasteiger partial charge in [-0.05, 0) is 25.7 Å². The standard InChI is InChI=1S/C12H20O4S2/c13-17(14)11(7-3-1-4-8-11)18(15,16)12(17)9-5-2-6-10-12/h1-10H2. The van der Waals surface area contributed by atoms with E-state index in [2.05, 4.69) is 0 Å². The maximum atomic E-state index is 12.7. The van der Waals surface area contributed by atoms with E-state index in [4.69, 9.17) is 0 Å². The van der Waals surface area contributed by atoms with Gasteiger partial charge in [-0.2, -0.15) is 0 Å². The zero-order valence-electron chi connectivity index (χ0n) is 10.5. The molecule has 1 heterocycles. The molecule has 1 aliphatic heterocycles. The van der Waals surface area contributed by atoms with Crippen LogP contribution in [0.4, 0.5) is 0 Å². The topological polar surface area (TPSA) is 68.3 Å². The van der Waals surface area contributed by atoms with Crippen LogP contribution in [0, 0.1) is 0 Å². The van der Waals surface area contributed by atoms with Gasteiger partial charge in [-0.1, -0.05) is 38.5 Å². The van der Waals surface area contributed by atoms with Crippen molar-refractivity contribution in [2.45, 2.75) is 72.4 Å². The Morgan fingerprint density at radius 2 is 0.778 bits per heavy atom. The third-order valence-electron chi connectivity index (χ3n) is 5.19. The second kappa shape index (κ2) is 3.72. The van der Waals surface area contributed by atoms with Gasteiger partial charge in [0.25, 0.3) is 0 Å². The van der Waals surface area contributed by atoms with Crippen molar-refractivity contribution >= 4 is 19.7 Å². The van der Waals surface area contributed by atoms with Gasteiger partial charge in [0, 0.05) is 0 Å². The lowest BCUT2D eigenvalue weighted by molar-refractivity contribution is 0.358. The maximum absolute atomic E-state index is 12.7. The molecule has 4 nitrogen and oxygen atoms in total. The van der Waals surface area contributed by atoms with Gasteiger partial charge in [-0.3, -0.25) is 0 Å². The monoisotopic (exact) mass is 292 g/mol. The lowest BCUT2D eigenvalue weighted by atomic mass is 9.98. The highest BCUT2D eigenvalue weighted by atomic mass is 32.3. The van der Waals surface area contributed by atoms with Crippen molar-refractivity contribution in [3.8, 4) is 0 Å². The Morgan fingerprint density at radius 1 is 0.500 bits per heavy atom. The second-order valence-corrected chi connectivity index (χ2v) is 11.6. The highest BCUT2D eigenvalue weighted by Gasteiger charge is 2.80. The van der Waals surface area contributed by atoms with Gasteiger partial charge in [0.1, 0.15) is 0 Å². The summed E-state index contributed by atoms with van der Waals surface area (Å²) in [7, 11) is -7.01. The molecule has 18 heavy (non-hydrogen) atoms. The minimum Gasteiger partial charge on any atom is -0.226 e. The van der Waals surface area contributed by atoms with Gasteiger partial charge < -0.3 is 0 Å². The quantitative estimate of drug-likeness (QED) is 0.686. The summed E-state index contributed by atoms with van der Waals surface area (Å²) in [6.07, 6.45) is 6.17. The average molecular weight is 292 g/mol. The predicted molar refractivity (Wildman–Crippen MR) is 69.5 cm³/mol. The number of rotatable bonds is 0. The van der Waals surface area contributed by atoms with Crippen LogP contribution < -0.4 is 0 Å². The normalized spacial score (nSPS) is 35.1. The van der Waals surface area contributed by atoms with Gasteiger partial charge in [0.2, 0.25) is 0 Å². The minimum absolute atomic E-state index is 0.333. The van der Waals surface area contributed by atoms with E-state index in [-0.39, 0.29) is 0 Å². The molecule has 2 spiro atoms. The van der Waals surface area contributed by atoms with Crippen molar-refractivity contribution in [1.29, 1.82) is 0 Å². The lowest BCUT2D eigenvalue weighted by Gasteiger charge is -2.56. The molecule has 104 valence electrons. The molecule has 0 amide bonds. The molecule has 0 aromatic carbocycles. The van der Waals surface area contributed by atoms with E-state index in [1.165, 1.54) is 0 Å². The maximum Gasteiger partial charge on any atom is 0.190 e. The molecule has 3 rings (SSSR count). The Labute approximate surface area is 109 Å². The molecule has 0 unspecified atom stereocenters. The molecule has 0 atom stereocenters. The van der Waals surface area contributed by atoms with Crippen LogP contribution in [-0.2, 0) is 19.7 Å². The zero-order chi connectivity index (χ0) is 13.1. The third kappa shape index (κ3) is 1.13. The first-order valence-electron chi connectivity index (χ1n) is 6.90. The van der Waals surface area contributed by atoms with E-state index in [1.807, 2.05) is 0 Å². The molecular formula is C12H20O4S2. The van der Waals surface area contributed by atoms with E-state index in [0.29, 0.717) is 25.7 Å². The molecular weight excluding hydrogens is 272 g/mol. The number of sulfone groups is 2. The molecule has 6 heteroatoms. The first kappa shape index (κ1) is 12.9. The van der Waals surface area contributed by atoms with Gasteiger partial charge in [0.05, 0.1) is 0 Å². The fraction of sp³-hybridized carbons (Fsp3) is 1.00. The van der Waals surface area contributed by atoms with E-state index < -0.39 is 27.8 Å². The summed E-state index contributed by atoms with van der Waals surface area (Å²) in [5.74, 6) is 0. The predicted octanol–water partition coefficient (Wildman–Crippen LogP) is 2.15. The molecule has 0 bridgehead atoms. The Bertz CT molecular complexity index is 471. The van der Waals surface area contributed by atoms with Gasteiger partial charge in [0.15, 0.2) is 27.8 Å². The van der Waals surface area contributed by atoms with Crippen LogP contribution in [0.3, 0.4) is 0 Å². The fourth-order valence-electron chi connectivity index (χ4n) is 4.19. The van der Waals surface area contributed by atoms with Crippen LogP contribution in [0.2, 0.25) is 0 Å². The van der Waals surface area contributed by atoms with Crippen molar-refractivity contribution in [3.05, 3.63) is 0 Å². The fourth-order valence-corrected chi connectivity index (χ4v) is 12.5. The second-order valence-electron chi connectivity index (χ2n) is 5.95. The molecule has 3 fully saturated rings. The minimum atomic E-state index is -3.50. The Kier molecular flexibility index (Phi) is 2.67. The molecule has 2 aliphatic carbocycles. The summed E-state index contributed by atoms with van der Waals surface area (Å²) in [6, 6.07) is 0. The lowest BCUT2D eigenvalue weighted by Crippen LogP contribution is -2.74. The Morgan fingerprint density at radius 3 is 1.06 bits per heavy atom. The van der Waals surface area contributed by atoms with Crippen molar-refractivity contribution in [1.82, 2.24) is 0 Å². The average Bonchev–Trinajstić information content (AvgIpc) is 2.39. The van der Waals surface area contributed by atoms with Crippen LogP contribution >= 0.6 is 0 Å². The zero-order valence-corrected chi connectivity index (χ0v) is 12.2. The van der Waals surface area contributed by atoms with Crippen LogP contribution in [-0.4, -0.2) is 25.0 Å². The molecule has 2 saturated carbocycles. The first-order valence-corrected chi connectivity index (χ1v) is 9.86. The molecule has 1 saturated heterocycles. The van der Waals surface area contributed by atoms with Gasteiger partial charge >= 0.3 is 0 Å². The van der Waals surface area contributed by atoms with Crippen LogP contribution in [0.25, 0.3) is 0 Å². The number of hydrogen-bond donors (Lipinski definition) is 0. The highest BCUT2D eigenvalue weighted by Crippen LogP contribution is 2.63. The van der Waals surface area contributed by atoms with Gasteiger partial charge in [-0.15, -0.1) is 0 Å². The Balaban J connectivity index is 2.12. The molecule has 3 aliphatic rings. The summed E-state index contributed by atoms with van der Waals surface area (Å²) in [6.45, 7) is 0. The van der Waals surface area contributed by atoms with Crippen LogP contribution in [0.15, 0.2) is 0 Å². The summed E-state index contributed by atoms with van der Waals surface area (Å²) >= 11 is 0. The van der Waals surface area contributed by atoms with E-state index in [0.717, 1.165) is 38.5 Å². The Hall–Kier alpha value is -0.100. The van der Waals surface area contributed by atoms with Crippen molar-refractivity contribution in [2.24, 2.45) is 0 Å². The van der Waals surface area contributed by atoms with Crippen molar-refractivity contribution in [3.63, 3.8) is 0 Å². The molecule has 0 radical (unpaired) electrons. The highest BCUT2D eigenvalue weighted by molar-refractivity contribution is 8.27. The summed E-state index contributed by atoms with van der Waals surface area (Å²) in [4.78, 5) is 0. The van der Waals surface area contributed by atoms with Gasteiger partial charge in [-0.25, -0.2) is 16.8 Å². The van der Waals surface area contributed by atoms with E-state index >= 15 is 0 Å². The summed E-state index contributed by atoms with van der Waals surface area (Å²) in [5.41, 5.74) is 0. The smallest absolute Gasteiger partial charge is 0.190 e. The molecule has 0 aromatic rings.